The summed E-state index contributed by atoms with van der Waals surface area (Å²) in [4.78, 5) is 26.6. The number of tetrazole rings is 1. The minimum absolute atomic E-state index is 0.248. The van der Waals surface area contributed by atoms with Gasteiger partial charge in [0.15, 0.2) is 5.82 Å². The first-order valence-corrected chi connectivity index (χ1v) is 8.42. The highest BCUT2D eigenvalue weighted by Gasteiger charge is 2.45. The van der Waals surface area contributed by atoms with Gasteiger partial charge >= 0.3 is 6.09 Å². The molecule has 3 atom stereocenters. The van der Waals surface area contributed by atoms with E-state index in [9.17, 15) is 9.59 Å². The predicted molar refractivity (Wildman–Crippen MR) is 88.3 cm³/mol. The summed E-state index contributed by atoms with van der Waals surface area (Å²) in [5.74, 6) is -0.165. The molecule has 1 aromatic carbocycles. The molecule has 0 radical (unpaired) electrons. The van der Waals surface area contributed by atoms with Gasteiger partial charge in [-0.25, -0.2) is 9.69 Å². The number of rotatable bonds is 6. The van der Waals surface area contributed by atoms with Crippen LogP contribution >= 0.6 is 0 Å². The number of H-pyrrole nitrogens is 1. The SMILES string of the molecule is CCCC(Cc1nn[nH]n1)C(=O)N1C(=O)O[C@@H](c2ccccc2)[C@H]1C. The molecule has 1 saturated heterocycles. The van der Waals surface area contributed by atoms with Crippen LogP contribution in [0.3, 0.4) is 0 Å². The average Bonchev–Trinajstić information content (AvgIpc) is 3.22. The molecule has 2 amide bonds. The highest BCUT2D eigenvalue weighted by Crippen LogP contribution is 2.34. The lowest BCUT2D eigenvalue weighted by Gasteiger charge is -2.23. The molecule has 1 N–H and O–H groups in total. The van der Waals surface area contributed by atoms with Gasteiger partial charge in [0.25, 0.3) is 0 Å². The number of nitrogens with zero attached hydrogens (tertiary/aromatic N) is 4. The van der Waals surface area contributed by atoms with Crippen molar-refractivity contribution in [1.29, 1.82) is 0 Å². The second-order valence-corrected chi connectivity index (χ2v) is 6.18. The van der Waals surface area contributed by atoms with E-state index in [4.69, 9.17) is 4.74 Å². The fourth-order valence-electron chi connectivity index (χ4n) is 3.19. The van der Waals surface area contributed by atoms with Crippen LogP contribution in [0, 0.1) is 5.92 Å². The van der Waals surface area contributed by atoms with Gasteiger partial charge in [0.05, 0.1) is 6.04 Å². The third-order valence-corrected chi connectivity index (χ3v) is 4.44. The number of aromatic amines is 1. The maximum atomic E-state index is 13.0. The van der Waals surface area contributed by atoms with Crippen molar-refractivity contribution in [2.24, 2.45) is 5.92 Å². The third-order valence-electron chi connectivity index (χ3n) is 4.44. The monoisotopic (exact) mass is 343 g/mol. The van der Waals surface area contributed by atoms with Gasteiger partial charge in [-0.1, -0.05) is 48.9 Å². The zero-order valence-corrected chi connectivity index (χ0v) is 14.3. The Morgan fingerprint density at radius 3 is 2.76 bits per heavy atom. The van der Waals surface area contributed by atoms with E-state index in [1.54, 1.807) is 0 Å². The third kappa shape index (κ3) is 3.52. The topological polar surface area (TPSA) is 101 Å². The van der Waals surface area contributed by atoms with Crippen molar-refractivity contribution < 1.29 is 14.3 Å². The summed E-state index contributed by atoms with van der Waals surface area (Å²) >= 11 is 0. The van der Waals surface area contributed by atoms with Gasteiger partial charge in [0, 0.05) is 12.3 Å². The fraction of sp³-hybridized carbons (Fsp3) is 0.471. The second kappa shape index (κ2) is 7.42. The first-order valence-electron chi connectivity index (χ1n) is 8.42. The van der Waals surface area contributed by atoms with Gasteiger partial charge in [-0.15, -0.1) is 10.2 Å². The van der Waals surface area contributed by atoms with E-state index in [2.05, 4.69) is 20.6 Å². The summed E-state index contributed by atoms with van der Waals surface area (Å²) in [6.07, 6.45) is 0.745. The van der Waals surface area contributed by atoms with Crippen LogP contribution in [0.4, 0.5) is 4.79 Å². The minimum atomic E-state index is -0.597. The molecule has 3 rings (SSSR count). The number of aromatic nitrogens is 4. The van der Waals surface area contributed by atoms with Gasteiger partial charge in [0.1, 0.15) is 6.10 Å². The molecule has 25 heavy (non-hydrogen) atoms. The Balaban J connectivity index is 1.78. The van der Waals surface area contributed by atoms with Crippen LogP contribution in [0.15, 0.2) is 30.3 Å². The van der Waals surface area contributed by atoms with E-state index >= 15 is 0 Å². The van der Waals surface area contributed by atoms with Crippen LogP contribution in [-0.4, -0.2) is 43.6 Å². The van der Waals surface area contributed by atoms with Gasteiger partial charge in [-0.05, 0) is 18.9 Å². The van der Waals surface area contributed by atoms with Crippen LogP contribution in [-0.2, 0) is 16.0 Å². The Kier molecular flexibility index (Phi) is 5.06. The quantitative estimate of drug-likeness (QED) is 0.863. The lowest BCUT2D eigenvalue weighted by Crippen LogP contribution is -2.42. The van der Waals surface area contributed by atoms with Crippen molar-refractivity contribution in [3.05, 3.63) is 41.7 Å². The number of amides is 2. The maximum Gasteiger partial charge on any atom is 0.417 e. The summed E-state index contributed by atoms with van der Waals surface area (Å²) in [7, 11) is 0. The van der Waals surface area contributed by atoms with Crippen LogP contribution in [0.5, 0.6) is 0 Å². The molecule has 0 bridgehead atoms. The van der Waals surface area contributed by atoms with E-state index in [1.165, 1.54) is 4.90 Å². The molecular formula is C17H21N5O3. The van der Waals surface area contributed by atoms with Gasteiger partial charge in [-0.2, -0.15) is 5.21 Å². The molecule has 0 spiro atoms. The number of imide groups is 1. The number of nitrogens with one attached hydrogen (secondary N) is 1. The Morgan fingerprint density at radius 1 is 1.36 bits per heavy atom. The van der Waals surface area contributed by atoms with Crippen LogP contribution < -0.4 is 0 Å². The zero-order valence-electron chi connectivity index (χ0n) is 14.3. The van der Waals surface area contributed by atoms with Crippen molar-refractivity contribution >= 4 is 12.0 Å². The van der Waals surface area contributed by atoms with Crippen molar-refractivity contribution in [2.75, 3.05) is 0 Å². The lowest BCUT2D eigenvalue weighted by molar-refractivity contribution is -0.133. The number of cyclic esters (lactones) is 1. The summed E-state index contributed by atoms with van der Waals surface area (Å²) in [5, 5.41) is 13.7. The number of benzene rings is 1. The average molecular weight is 343 g/mol. The van der Waals surface area contributed by atoms with Gasteiger partial charge in [-0.3, -0.25) is 4.79 Å². The number of hydrogen-bond acceptors (Lipinski definition) is 6. The van der Waals surface area contributed by atoms with E-state index in [-0.39, 0.29) is 17.9 Å². The van der Waals surface area contributed by atoms with Crippen molar-refractivity contribution in [1.82, 2.24) is 25.5 Å². The molecule has 1 aliphatic heterocycles. The normalized spacial score (nSPS) is 21.2. The first-order chi connectivity index (χ1) is 12.1. The van der Waals surface area contributed by atoms with Gasteiger partial charge in [0.2, 0.25) is 5.91 Å². The Hall–Kier alpha value is -2.77. The number of hydrogen-bond donors (Lipinski definition) is 1. The van der Waals surface area contributed by atoms with E-state index < -0.39 is 12.2 Å². The molecular weight excluding hydrogens is 322 g/mol. The molecule has 2 aromatic rings. The molecule has 1 aromatic heterocycles. The molecule has 8 nitrogen and oxygen atoms in total. The maximum absolute atomic E-state index is 13.0. The molecule has 132 valence electrons. The molecule has 1 unspecified atom stereocenters. The Morgan fingerprint density at radius 2 is 2.12 bits per heavy atom. The largest absolute Gasteiger partial charge is 0.439 e. The molecule has 1 aliphatic rings. The molecule has 1 fully saturated rings. The smallest absolute Gasteiger partial charge is 0.417 e. The van der Waals surface area contributed by atoms with Crippen molar-refractivity contribution in [2.45, 2.75) is 45.3 Å². The summed E-state index contributed by atoms with van der Waals surface area (Å²) < 4.78 is 5.47. The summed E-state index contributed by atoms with van der Waals surface area (Å²) in [5.41, 5.74) is 0.879. The summed E-state index contributed by atoms with van der Waals surface area (Å²) in [6.45, 7) is 3.83. The lowest BCUT2D eigenvalue weighted by atomic mass is 9.96. The van der Waals surface area contributed by atoms with E-state index in [1.807, 2.05) is 44.2 Å². The first kappa shape index (κ1) is 17.1. The predicted octanol–water partition coefficient (Wildman–Crippen LogP) is 2.27. The summed E-state index contributed by atoms with van der Waals surface area (Å²) in [6, 6.07) is 9.09. The zero-order chi connectivity index (χ0) is 17.8. The van der Waals surface area contributed by atoms with Crippen LogP contribution in [0.2, 0.25) is 0 Å². The number of ether oxygens (including phenoxy) is 1. The standard InChI is InChI=1S/C17H21N5O3/c1-3-7-13(10-14-18-20-21-19-14)16(23)22-11(2)15(25-17(22)24)12-8-5-4-6-9-12/h4-6,8-9,11,13,15H,3,7,10H2,1-2H3,(H,18,19,20,21)/t11-,13?,15-/m1/s1. The van der Waals surface area contributed by atoms with Gasteiger partial charge < -0.3 is 4.74 Å². The van der Waals surface area contributed by atoms with E-state index in [0.717, 1.165) is 12.0 Å². The van der Waals surface area contributed by atoms with Crippen molar-refractivity contribution in [3.63, 3.8) is 0 Å². The van der Waals surface area contributed by atoms with E-state index in [0.29, 0.717) is 18.7 Å². The second-order valence-electron chi connectivity index (χ2n) is 6.18. The van der Waals surface area contributed by atoms with Crippen molar-refractivity contribution in [3.8, 4) is 0 Å². The van der Waals surface area contributed by atoms with Crippen LogP contribution in [0.25, 0.3) is 0 Å². The molecule has 2 heterocycles. The molecule has 0 saturated carbocycles. The Labute approximate surface area is 145 Å². The Bertz CT molecular complexity index is 719. The minimum Gasteiger partial charge on any atom is -0.439 e. The fourth-order valence-corrected chi connectivity index (χ4v) is 3.19. The highest BCUT2D eigenvalue weighted by molar-refractivity contribution is 5.95. The number of carbonyl (C=O) groups excluding carboxylic acids is 2. The van der Waals surface area contributed by atoms with Crippen LogP contribution in [0.1, 0.15) is 44.2 Å². The molecule has 0 aliphatic carbocycles. The highest BCUT2D eigenvalue weighted by atomic mass is 16.6. The number of carbonyl (C=O) groups is 2. The molecule has 8 heteroatoms.